The Morgan fingerprint density at radius 3 is 2.37 bits per heavy atom. The van der Waals surface area contributed by atoms with E-state index in [2.05, 4.69) is 5.32 Å². The van der Waals surface area contributed by atoms with Crippen LogP contribution in [0.25, 0.3) is 0 Å². The van der Waals surface area contributed by atoms with Crippen molar-refractivity contribution in [2.45, 2.75) is 23.8 Å². The quantitative estimate of drug-likeness (QED) is 0.789. The third-order valence-corrected chi connectivity index (χ3v) is 6.48. The van der Waals surface area contributed by atoms with E-state index >= 15 is 0 Å². The summed E-state index contributed by atoms with van der Waals surface area (Å²) in [6, 6.07) is 14.3. The van der Waals surface area contributed by atoms with Gasteiger partial charge >= 0.3 is 5.97 Å². The molecule has 0 aliphatic heterocycles. The smallest absolute Gasteiger partial charge is 0.306 e. The van der Waals surface area contributed by atoms with E-state index in [0.717, 1.165) is 4.31 Å². The number of para-hydroxylation sites is 1. The monoisotopic (exact) mass is 388 g/mol. The van der Waals surface area contributed by atoms with Crippen molar-refractivity contribution in [2.24, 2.45) is 5.92 Å². The molecule has 0 saturated heterocycles. The summed E-state index contributed by atoms with van der Waals surface area (Å²) in [5.74, 6) is -1.71. The van der Waals surface area contributed by atoms with Crippen molar-refractivity contribution >= 4 is 27.6 Å². The van der Waals surface area contributed by atoms with E-state index in [-0.39, 0.29) is 16.5 Å². The number of aliphatic carboxylic acids is 1. The molecule has 8 heteroatoms. The number of carbonyl (C=O) groups is 2. The standard InChI is InChI=1S/C19H20N2O5S/c1-21(16-7-3-2-4-8-16)27(25,26)17-9-5-6-13(12-17)18(22)20-15-10-14(11-15)19(23)24/h2-9,12,14-15H,10-11H2,1H3,(H,20,22)(H,23,24). The van der Waals surface area contributed by atoms with Crippen molar-refractivity contribution in [3.63, 3.8) is 0 Å². The molecule has 0 bridgehead atoms. The molecule has 7 nitrogen and oxygen atoms in total. The molecule has 0 spiro atoms. The number of carbonyl (C=O) groups excluding carboxylic acids is 1. The van der Waals surface area contributed by atoms with E-state index in [9.17, 15) is 18.0 Å². The third-order valence-electron chi connectivity index (χ3n) is 4.70. The molecule has 3 rings (SSSR count). The van der Waals surface area contributed by atoms with Crippen LogP contribution in [0.1, 0.15) is 23.2 Å². The second-order valence-corrected chi connectivity index (χ2v) is 8.48. The number of nitrogens with one attached hydrogen (secondary N) is 1. The molecule has 1 saturated carbocycles. The number of anilines is 1. The minimum Gasteiger partial charge on any atom is -0.481 e. The summed E-state index contributed by atoms with van der Waals surface area (Å²) in [5, 5.41) is 11.6. The van der Waals surface area contributed by atoms with Crippen LogP contribution in [0.2, 0.25) is 0 Å². The number of carboxylic acid groups (broad SMARTS) is 1. The number of carboxylic acids is 1. The van der Waals surface area contributed by atoms with E-state index in [0.29, 0.717) is 18.5 Å². The largest absolute Gasteiger partial charge is 0.481 e. The van der Waals surface area contributed by atoms with Crippen molar-refractivity contribution < 1.29 is 23.1 Å². The van der Waals surface area contributed by atoms with E-state index in [1.807, 2.05) is 0 Å². The summed E-state index contributed by atoms with van der Waals surface area (Å²) in [6.07, 6.45) is 0.769. The average molecular weight is 388 g/mol. The van der Waals surface area contributed by atoms with Gasteiger partial charge in [-0.15, -0.1) is 0 Å². The molecule has 0 unspecified atom stereocenters. The summed E-state index contributed by atoms with van der Waals surface area (Å²) in [7, 11) is -2.36. The first-order valence-corrected chi connectivity index (χ1v) is 9.91. The van der Waals surface area contributed by atoms with Gasteiger partial charge in [0.05, 0.1) is 16.5 Å². The molecule has 2 aromatic rings. The van der Waals surface area contributed by atoms with Crippen LogP contribution < -0.4 is 9.62 Å². The Labute approximate surface area is 157 Å². The first-order chi connectivity index (χ1) is 12.8. The molecule has 0 heterocycles. The Bertz CT molecular complexity index is 953. The van der Waals surface area contributed by atoms with Crippen LogP contribution >= 0.6 is 0 Å². The third kappa shape index (κ3) is 3.95. The van der Waals surface area contributed by atoms with E-state index in [4.69, 9.17) is 5.11 Å². The highest BCUT2D eigenvalue weighted by molar-refractivity contribution is 7.92. The highest BCUT2D eigenvalue weighted by Gasteiger charge is 2.35. The van der Waals surface area contributed by atoms with E-state index in [1.54, 1.807) is 30.3 Å². The summed E-state index contributed by atoms with van der Waals surface area (Å²) in [4.78, 5) is 23.2. The Morgan fingerprint density at radius 1 is 1.07 bits per heavy atom. The molecule has 1 aliphatic carbocycles. The Kier molecular flexibility index (Phi) is 5.18. The lowest BCUT2D eigenvalue weighted by atomic mass is 9.80. The number of benzene rings is 2. The topological polar surface area (TPSA) is 104 Å². The maximum absolute atomic E-state index is 12.8. The van der Waals surface area contributed by atoms with Crippen LogP contribution in [0.5, 0.6) is 0 Å². The molecule has 1 fully saturated rings. The summed E-state index contributed by atoms with van der Waals surface area (Å²) in [6.45, 7) is 0. The maximum atomic E-state index is 12.8. The van der Waals surface area contributed by atoms with Crippen LogP contribution in [0.3, 0.4) is 0 Å². The summed E-state index contributed by atoms with van der Waals surface area (Å²) >= 11 is 0. The SMILES string of the molecule is CN(c1ccccc1)S(=O)(=O)c1cccc(C(=O)NC2CC(C(=O)O)C2)c1. The molecule has 0 radical (unpaired) electrons. The van der Waals surface area contributed by atoms with Crippen molar-refractivity contribution in [2.75, 3.05) is 11.4 Å². The fraction of sp³-hybridized carbons (Fsp3) is 0.263. The fourth-order valence-electron chi connectivity index (χ4n) is 2.94. The minimum absolute atomic E-state index is 0.0125. The van der Waals surface area contributed by atoms with Crippen molar-refractivity contribution in [1.29, 1.82) is 0 Å². The van der Waals surface area contributed by atoms with Gasteiger partial charge in [-0.25, -0.2) is 8.42 Å². The van der Waals surface area contributed by atoms with Gasteiger partial charge in [-0.05, 0) is 43.2 Å². The van der Waals surface area contributed by atoms with Gasteiger partial charge in [0.2, 0.25) is 0 Å². The first-order valence-electron chi connectivity index (χ1n) is 8.47. The van der Waals surface area contributed by atoms with Crippen LogP contribution in [-0.2, 0) is 14.8 Å². The number of rotatable bonds is 6. The van der Waals surface area contributed by atoms with Crippen molar-refractivity contribution in [3.8, 4) is 0 Å². The molecule has 2 aromatic carbocycles. The summed E-state index contributed by atoms with van der Waals surface area (Å²) in [5.41, 5.74) is 0.734. The van der Waals surface area contributed by atoms with Crippen LogP contribution in [-0.4, -0.2) is 38.5 Å². The summed E-state index contributed by atoms with van der Waals surface area (Å²) < 4.78 is 26.8. The molecule has 142 valence electrons. The zero-order valence-electron chi connectivity index (χ0n) is 14.7. The lowest BCUT2D eigenvalue weighted by molar-refractivity contribution is -0.145. The van der Waals surface area contributed by atoms with Crippen LogP contribution in [0, 0.1) is 5.92 Å². The second-order valence-electron chi connectivity index (χ2n) is 6.51. The second kappa shape index (κ2) is 7.40. The number of hydrogen-bond donors (Lipinski definition) is 2. The first kappa shape index (κ1) is 18.9. The molecule has 27 heavy (non-hydrogen) atoms. The molecular formula is C19H20N2O5S. The molecule has 1 aliphatic rings. The van der Waals surface area contributed by atoms with Crippen LogP contribution in [0.15, 0.2) is 59.5 Å². The predicted molar refractivity (Wildman–Crippen MR) is 100 cm³/mol. The van der Waals surface area contributed by atoms with Crippen molar-refractivity contribution in [3.05, 3.63) is 60.2 Å². The van der Waals surface area contributed by atoms with Gasteiger partial charge < -0.3 is 10.4 Å². The lowest BCUT2D eigenvalue weighted by Gasteiger charge is -2.32. The highest BCUT2D eigenvalue weighted by Crippen LogP contribution is 2.28. The van der Waals surface area contributed by atoms with Gasteiger partial charge in [-0.3, -0.25) is 13.9 Å². The number of nitrogens with zero attached hydrogens (tertiary/aromatic N) is 1. The molecule has 1 amide bonds. The number of amides is 1. The van der Waals surface area contributed by atoms with Crippen LogP contribution in [0.4, 0.5) is 5.69 Å². The van der Waals surface area contributed by atoms with Gasteiger partial charge in [0.15, 0.2) is 0 Å². The Hall–Kier alpha value is -2.87. The highest BCUT2D eigenvalue weighted by atomic mass is 32.2. The molecule has 2 N–H and O–H groups in total. The minimum atomic E-state index is -3.81. The molecular weight excluding hydrogens is 368 g/mol. The van der Waals surface area contributed by atoms with Gasteiger partial charge in [-0.2, -0.15) is 0 Å². The molecule has 0 aromatic heterocycles. The molecule has 0 atom stereocenters. The Morgan fingerprint density at radius 2 is 1.74 bits per heavy atom. The number of hydrogen-bond acceptors (Lipinski definition) is 4. The van der Waals surface area contributed by atoms with Gasteiger partial charge in [-0.1, -0.05) is 24.3 Å². The zero-order valence-corrected chi connectivity index (χ0v) is 15.5. The van der Waals surface area contributed by atoms with E-state index < -0.39 is 27.8 Å². The zero-order chi connectivity index (χ0) is 19.6. The van der Waals surface area contributed by atoms with E-state index in [1.165, 1.54) is 31.3 Å². The number of sulfonamides is 1. The predicted octanol–water partition coefficient (Wildman–Crippen LogP) is 2.10. The normalized spacial score (nSPS) is 19.0. The average Bonchev–Trinajstić information content (AvgIpc) is 2.64. The Balaban J connectivity index is 1.75. The lowest BCUT2D eigenvalue weighted by Crippen LogP contribution is -2.46. The van der Waals surface area contributed by atoms with Gasteiger partial charge in [0.25, 0.3) is 15.9 Å². The van der Waals surface area contributed by atoms with Crippen molar-refractivity contribution in [1.82, 2.24) is 5.32 Å². The fourth-order valence-corrected chi connectivity index (χ4v) is 4.18. The van der Waals surface area contributed by atoms with Gasteiger partial charge in [0, 0.05) is 18.7 Å². The van der Waals surface area contributed by atoms with Gasteiger partial charge in [0.1, 0.15) is 0 Å². The maximum Gasteiger partial charge on any atom is 0.306 e.